The van der Waals surface area contributed by atoms with Gasteiger partial charge >= 0.3 is 0 Å². The van der Waals surface area contributed by atoms with Crippen LogP contribution in [0.4, 0.5) is 0 Å². The lowest BCUT2D eigenvalue weighted by Crippen LogP contribution is -2.30. The first kappa shape index (κ1) is 23.1. The summed E-state index contributed by atoms with van der Waals surface area (Å²) in [5.74, 6) is 1.97. The third-order valence-electron chi connectivity index (χ3n) is 4.98. The van der Waals surface area contributed by atoms with Crippen LogP contribution in [0.1, 0.15) is 25.6 Å². The highest BCUT2D eigenvalue weighted by molar-refractivity contribution is 7.98. The molecule has 172 valence electrons. The van der Waals surface area contributed by atoms with Crippen molar-refractivity contribution in [1.82, 2.24) is 29.3 Å². The average Bonchev–Trinajstić information content (AvgIpc) is 3.45. The zero-order chi connectivity index (χ0) is 23.4. The molecule has 2 aromatic carbocycles. The van der Waals surface area contributed by atoms with Crippen LogP contribution < -0.4 is 0 Å². The molecule has 4 aromatic rings. The van der Waals surface area contributed by atoms with Gasteiger partial charge in [0.2, 0.25) is 21.8 Å². The third-order valence-corrected chi connectivity index (χ3v) is 7.94. The van der Waals surface area contributed by atoms with Crippen molar-refractivity contribution in [3.63, 3.8) is 0 Å². The van der Waals surface area contributed by atoms with Crippen molar-refractivity contribution in [3.05, 3.63) is 66.4 Å². The molecule has 0 aliphatic carbocycles. The van der Waals surface area contributed by atoms with Gasteiger partial charge in [0.15, 0.2) is 11.0 Å². The molecule has 0 aliphatic heterocycles. The monoisotopic (exact) mass is 484 g/mol. The van der Waals surface area contributed by atoms with Crippen LogP contribution in [0.15, 0.2) is 69.1 Å². The quantitative estimate of drug-likeness (QED) is 0.329. The first-order chi connectivity index (χ1) is 15.9. The second-order valence-corrected chi connectivity index (χ2v) is 9.98. The van der Waals surface area contributed by atoms with Crippen LogP contribution >= 0.6 is 11.8 Å². The van der Waals surface area contributed by atoms with Crippen molar-refractivity contribution in [2.24, 2.45) is 0 Å². The largest absolute Gasteiger partial charge is 0.425 e. The molecule has 4 rings (SSSR count). The molecular formula is C22H24N6O3S2. The standard InChI is InChI=1S/C22H24N6O3S2/c1-4-27(5-2)33(29,30)19-13-9-10-17(14-19)21-25-26-22(28(21)18-11-7-6-8-12-18)32-15-20-24-23-16(3)31-20/h6-14H,4-5,15H2,1-3H3. The highest BCUT2D eigenvalue weighted by Crippen LogP contribution is 2.31. The highest BCUT2D eigenvalue weighted by Gasteiger charge is 2.23. The van der Waals surface area contributed by atoms with Crippen LogP contribution in [0.2, 0.25) is 0 Å². The second-order valence-electron chi connectivity index (χ2n) is 7.10. The van der Waals surface area contributed by atoms with Crippen LogP contribution in [0.3, 0.4) is 0 Å². The molecular weight excluding hydrogens is 460 g/mol. The van der Waals surface area contributed by atoms with Gasteiger partial charge in [-0.15, -0.1) is 20.4 Å². The maximum absolute atomic E-state index is 13.1. The predicted octanol–water partition coefficient (Wildman–Crippen LogP) is 3.95. The Morgan fingerprint density at radius 1 is 0.970 bits per heavy atom. The Kier molecular flexibility index (Phi) is 6.91. The van der Waals surface area contributed by atoms with E-state index in [1.54, 1.807) is 25.1 Å². The minimum absolute atomic E-state index is 0.224. The minimum atomic E-state index is -3.60. The van der Waals surface area contributed by atoms with Gasteiger partial charge in [0.1, 0.15) is 0 Å². The van der Waals surface area contributed by atoms with Crippen molar-refractivity contribution in [1.29, 1.82) is 0 Å². The highest BCUT2D eigenvalue weighted by atomic mass is 32.2. The SMILES string of the molecule is CCN(CC)S(=O)(=O)c1cccc(-c2nnc(SCc3nnc(C)o3)n2-c2ccccc2)c1. The molecule has 11 heteroatoms. The number of thioether (sulfide) groups is 1. The summed E-state index contributed by atoms with van der Waals surface area (Å²) in [6.07, 6.45) is 0. The van der Waals surface area contributed by atoms with Gasteiger partial charge in [0.25, 0.3) is 0 Å². The average molecular weight is 485 g/mol. The first-order valence-electron chi connectivity index (χ1n) is 10.5. The van der Waals surface area contributed by atoms with Gasteiger partial charge in [0, 0.05) is 31.3 Å². The molecule has 0 bridgehead atoms. The van der Waals surface area contributed by atoms with E-state index in [1.165, 1.54) is 16.1 Å². The molecule has 2 aromatic heterocycles. The number of aryl methyl sites for hydroxylation is 1. The number of para-hydroxylation sites is 1. The molecule has 2 heterocycles. The van der Waals surface area contributed by atoms with E-state index in [1.807, 2.05) is 54.8 Å². The van der Waals surface area contributed by atoms with E-state index in [0.29, 0.717) is 47.2 Å². The lowest BCUT2D eigenvalue weighted by molar-refractivity contribution is 0.445. The van der Waals surface area contributed by atoms with Crippen LogP contribution in [0.25, 0.3) is 17.1 Å². The third kappa shape index (κ3) is 4.85. The number of rotatable bonds is 9. The molecule has 0 saturated heterocycles. The van der Waals surface area contributed by atoms with E-state index >= 15 is 0 Å². The minimum Gasteiger partial charge on any atom is -0.425 e. The normalized spacial score (nSPS) is 11.9. The topological polar surface area (TPSA) is 107 Å². The Bertz CT molecular complexity index is 1330. The first-order valence-corrected chi connectivity index (χ1v) is 12.9. The Morgan fingerprint density at radius 3 is 2.39 bits per heavy atom. The van der Waals surface area contributed by atoms with Gasteiger partial charge in [0.05, 0.1) is 10.6 Å². The summed E-state index contributed by atoms with van der Waals surface area (Å²) < 4.78 is 34.9. The smallest absolute Gasteiger partial charge is 0.243 e. The lowest BCUT2D eigenvalue weighted by Gasteiger charge is -2.18. The van der Waals surface area contributed by atoms with E-state index in [-0.39, 0.29) is 4.90 Å². The Balaban J connectivity index is 1.76. The van der Waals surface area contributed by atoms with Crippen LogP contribution in [-0.4, -0.2) is 50.8 Å². The number of sulfonamides is 1. The lowest BCUT2D eigenvalue weighted by atomic mass is 10.2. The van der Waals surface area contributed by atoms with Crippen LogP contribution in [0, 0.1) is 6.92 Å². The summed E-state index contributed by atoms with van der Waals surface area (Å²) in [5.41, 5.74) is 1.51. The van der Waals surface area contributed by atoms with Gasteiger partial charge in [-0.25, -0.2) is 8.42 Å². The van der Waals surface area contributed by atoms with Crippen LogP contribution in [-0.2, 0) is 15.8 Å². The van der Waals surface area contributed by atoms with E-state index in [4.69, 9.17) is 4.42 Å². The molecule has 0 aliphatic rings. The second kappa shape index (κ2) is 9.86. The molecule has 9 nitrogen and oxygen atoms in total. The summed E-state index contributed by atoms with van der Waals surface area (Å²) in [5, 5.41) is 17.3. The van der Waals surface area contributed by atoms with E-state index in [0.717, 1.165) is 5.69 Å². The number of aromatic nitrogens is 5. The summed E-state index contributed by atoms with van der Waals surface area (Å²) >= 11 is 1.41. The van der Waals surface area contributed by atoms with Gasteiger partial charge in [-0.1, -0.05) is 55.9 Å². The fourth-order valence-corrected chi connectivity index (χ4v) is 5.68. The zero-order valence-corrected chi connectivity index (χ0v) is 20.2. The number of nitrogens with zero attached hydrogens (tertiary/aromatic N) is 6. The van der Waals surface area contributed by atoms with Crippen molar-refractivity contribution < 1.29 is 12.8 Å². The summed E-state index contributed by atoms with van der Waals surface area (Å²) in [4.78, 5) is 0.224. The maximum Gasteiger partial charge on any atom is 0.243 e. The number of hydrogen-bond acceptors (Lipinski definition) is 8. The fourth-order valence-electron chi connectivity index (χ4n) is 3.39. The van der Waals surface area contributed by atoms with Gasteiger partial charge < -0.3 is 4.42 Å². The van der Waals surface area contributed by atoms with Gasteiger partial charge in [-0.3, -0.25) is 4.57 Å². The fraction of sp³-hybridized carbons (Fsp3) is 0.273. The molecule has 33 heavy (non-hydrogen) atoms. The summed E-state index contributed by atoms with van der Waals surface area (Å²) in [7, 11) is -3.60. The Labute approximate surface area is 196 Å². The maximum atomic E-state index is 13.1. The van der Waals surface area contributed by atoms with Crippen molar-refractivity contribution in [3.8, 4) is 17.1 Å². The van der Waals surface area contributed by atoms with Crippen molar-refractivity contribution in [2.75, 3.05) is 13.1 Å². The number of hydrogen-bond donors (Lipinski definition) is 0. The van der Waals surface area contributed by atoms with Crippen LogP contribution in [0.5, 0.6) is 0 Å². The van der Waals surface area contributed by atoms with Gasteiger partial charge in [-0.05, 0) is 24.3 Å². The molecule has 0 N–H and O–H groups in total. The van der Waals surface area contributed by atoms with E-state index in [2.05, 4.69) is 20.4 Å². The number of benzene rings is 2. The van der Waals surface area contributed by atoms with Crippen molar-refractivity contribution in [2.45, 2.75) is 36.6 Å². The molecule has 0 atom stereocenters. The molecule has 0 amide bonds. The molecule has 0 unspecified atom stereocenters. The molecule has 0 radical (unpaired) electrons. The van der Waals surface area contributed by atoms with Gasteiger partial charge in [-0.2, -0.15) is 4.31 Å². The van der Waals surface area contributed by atoms with E-state index in [9.17, 15) is 8.42 Å². The van der Waals surface area contributed by atoms with Crippen molar-refractivity contribution >= 4 is 21.8 Å². The predicted molar refractivity (Wildman–Crippen MR) is 125 cm³/mol. The zero-order valence-electron chi connectivity index (χ0n) is 18.5. The summed E-state index contributed by atoms with van der Waals surface area (Å²) in [6.45, 7) is 6.19. The molecule has 0 spiro atoms. The van der Waals surface area contributed by atoms with E-state index < -0.39 is 10.0 Å². The summed E-state index contributed by atoms with van der Waals surface area (Å²) in [6, 6.07) is 16.5. The molecule has 0 saturated carbocycles. The Morgan fingerprint density at radius 2 is 1.73 bits per heavy atom. The molecule has 0 fully saturated rings. The Hall–Kier alpha value is -3.02.